The van der Waals surface area contributed by atoms with Gasteiger partial charge in [0, 0.05) is 37.9 Å². The second-order valence-corrected chi connectivity index (χ2v) is 13.4. The van der Waals surface area contributed by atoms with E-state index >= 15 is 0 Å². The molecule has 210 valence electrons. The van der Waals surface area contributed by atoms with E-state index in [4.69, 9.17) is 14.2 Å². The lowest BCUT2D eigenvalue weighted by Gasteiger charge is -2.44. The SMILES string of the molecule is C=CCC/C(C)=C\C(=O)OC1CCOC(OC)(C2CSC(=O)P2Cc2ccccc2)C1.CCc1ccccc1. The fourth-order valence-corrected chi connectivity index (χ4v) is 9.67. The Labute approximate surface area is 239 Å². The van der Waals surface area contributed by atoms with Gasteiger partial charge in [-0.3, -0.25) is 4.79 Å². The summed E-state index contributed by atoms with van der Waals surface area (Å²) in [5.74, 6) is -0.557. The van der Waals surface area contributed by atoms with E-state index < -0.39 is 13.7 Å². The quantitative estimate of drug-likeness (QED) is 0.125. The van der Waals surface area contributed by atoms with Gasteiger partial charge in [0.2, 0.25) is 4.86 Å². The maximum atomic E-state index is 12.7. The average Bonchev–Trinajstić information content (AvgIpc) is 3.33. The van der Waals surface area contributed by atoms with Crippen molar-refractivity contribution in [1.29, 1.82) is 0 Å². The smallest absolute Gasteiger partial charge is 0.330 e. The van der Waals surface area contributed by atoms with Gasteiger partial charge in [0.1, 0.15) is 6.10 Å². The van der Waals surface area contributed by atoms with Crippen molar-refractivity contribution in [2.75, 3.05) is 19.5 Å². The Morgan fingerprint density at radius 2 is 1.82 bits per heavy atom. The van der Waals surface area contributed by atoms with Crippen LogP contribution in [0.25, 0.3) is 0 Å². The standard InChI is InChI=1S/C24H31O5PS.C8H10/c1-4-5-9-18(2)14-22(25)29-20-12-13-28-24(15-20,27-3)21-17-31-23(26)30(21)16-19-10-7-6-8-11-19;1-2-8-6-4-3-5-7-8/h4,6-8,10-11,14,20-21H,1,5,9,12-13,15-17H2,2-3H3;3-7H,2H2,1H3/b18-14-;. The van der Waals surface area contributed by atoms with E-state index in [1.54, 1.807) is 13.2 Å². The molecule has 0 saturated carbocycles. The van der Waals surface area contributed by atoms with Crippen molar-refractivity contribution in [3.05, 3.63) is 96.1 Å². The van der Waals surface area contributed by atoms with Crippen molar-refractivity contribution in [2.24, 2.45) is 0 Å². The van der Waals surface area contributed by atoms with E-state index in [0.29, 0.717) is 25.2 Å². The van der Waals surface area contributed by atoms with Gasteiger partial charge in [-0.15, -0.1) is 6.58 Å². The molecule has 0 bridgehead atoms. The van der Waals surface area contributed by atoms with Crippen LogP contribution >= 0.6 is 19.7 Å². The molecular formula is C32H41O5PS. The number of rotatable bonds is 10. The van der Waals surface area contributed by atoms with E-state index in [-0.39, 0.29) is 22.6 Å². The Morgan fingerprint density at radius 1 is 1.15 bits per heavy atom. The summed E-state index contributed by atoms with van der Waals surface area (Å²) in [6.45, 7) is 8.24. The van der Waals surface area contributed by atoms with Crippen LogP contribution in [0.3, 0.4) is 0 Å². The number of allylic oxidation sites excluding steroid dienone is 2. The lowest BCUT2D eigenvalue weighted by Crippen LogP contribution is -2.52. The van der Waals surface area contributed by atoms with Crippen LogP contribution in [0.15, 0.2) is 85.0 Å². The number of thioether (sulfide) groups is 1. The van der Waals surface area contributed by atoms with Gasteiger partial charge in [0.15, 0.2) is 5.79 Å². The van der Waals surface area contributed by atoms with Gasteiger partial charge in [0.25, 0.3) is 0 Å². The molecule has 2 aliphatic heterocycles. The van der Waals surface area contributed by atoms with Crippen LogP contribution in [0.2, 0.25) is 0 Å². The monoisotopic (exact) mass is 568 g/mol. The summed E-state index contributed by atoms with van der Waals surface area (Å²) in [7, 11) is 0.661. The molecule has 2 aliphatic rings. The van der Waals surface area contributed by atoms with Gasteiger partial charge in [-0.1, -0.05) is 91.0 Å². The Hall–Kier alpha value is -2.24. The highest BCUT2D eigenvalue weighted by atomic mass is 32.2. The number of benzene rings is 2. The van der Waals surface area contributed by atoms with Crippen molar-refractivity contribution < 1.29 is 23.8 Å². The molecule has 0 N–H and O–H groups in total. The molecule has 4 unspecified atom stereocenters. The number of ether oxygens (including phenoxy) is 3. The normalized spacial score (nSPS) is 24.9. The van der Waals surface area contributed by atoms with Crippen molar-refractivity contribution in [1.82, 2.24) is 0 Å². The number of esters is 1. The first-order valence-electron chi connectivity index (χ1n) is 13.6. The number of hydrogen-bond donors (Lipinski definition) is 0. The van der Waals surface area contributed by atoms with E-state index in [0.717, 1.165) is 36.6 Å². The second kappa shape index (κ2) is 16.1. The maximum absolute atomic E-state index is 12.7. The summed E-state index contributed by atoms with van der Waals surface area (Å²) >= 11 is 1.38. The van der Waals surface area contributed by atoms with Crippen LogP contribution < -0.4 is 0 Å². The highest BCUT2D eigenvalue weighted by Gasteiger charge is 2.53. The number of methoxy groups -OCH3 is 1. The number of carbonyl (C=O) groups excluding carboxylic acids is 2. The lowest BCUT2D eigenvalue weighted by molar-refractivity contribution is -0.258. The number of carbonyl (C=O) groups is 2. The molecule has 0 radical (unpaired) electrons. The van der Waals surface area contributed by atoms with Crippen LogP contribution in [0.1, 0.15) is 50.7 Å². The van der Waals surface area contributed by atoms with Crippen LogP contribution in [0, 0.1) is 0 Å². The van der Waals surface area contributed by atoms with Crippen molar-refractivity contribution in [3.63, 3.8) is 0 Å². The summed E-state index contributed by atoms with van der Waals surface area (Å²) in [5, 5.41) is 0. The zero-order chi connectivity index (χ0) is 28.1. The lowest BCUT2D eigenvalue weighted by atomic mass is 9.99. The molecule has 7 heteroatoms. The molecule has 0 amide bonds. The zero-order valence-electron chi connectivity index (χ0n) is 23.3. The summed E-state index contributed by atoms with van der Waals surface area (Å²) in [6.07, 6.45) is 7.66. The Balaban J connectivity index is 0.000000449. The molecule has 0 aliphatic carbocycles. The Morgan fingerprint density at radius 3 is 2.41 bits per heavy atom. The minimum Gasteiger partial charge on any atom is -0.459 e. The molecule has 2 saturated heterocycles. The van der Waals surface area contributed by atoms with Crippen LogP contribution in [0.4, 0.5) is 4.79 Å². The van der Waals surface area contributed by atoms with E-state index in [9.17, 15) is 9.59 Å². The average molecular weight is 569 g/mol. The van der Waals surface area contributed by atoms with Gasteiger partial charge >= 0.3 is 5.97 Å². The molecule has 4 atom stereocenters. The third-order valence-electron chi connectivity index (χ3n) is 6.96. The van der Waals surface area contributed by atoms with Gasteiger partial charge in [0.05, 0.1) is 12.3 Å². The van der Waals surface area contributed by atoms with Crippen LogP contribution in [0.5, 0.6) is 0 Å². The fourth-order valence-electron chi connectivity index (χ4n) is 4.74. The van der Waals surface area contributed by atoms with Gasteiger partial charge in [-0.05, 0) is 45.2 Å². The predicted octanol–water partition coefficient (Wildman–Crippen LogP) is 8.13. The van der Waals surface area contributed by atoms with Gasteiger partial charge in [-0.25, -0.2) is 4.79 Å². The summed E-state index contributed by atoms with van der Waals surface area (Å²) in [5.41, 5.74) is 3.50. The van der Waals surface area contributed by atoms with Gasteiger partial charge in [-0.2, -0.15) is 0 Å². The minimum absolute atomic E-state index is 0.0309. The van der Waals surface area contributed by atoms with Crippen molar-refractivity contribution in [3.8, 4) is 0 Å². The third-order valence-corrected chi connectivity index (χ3v) is 11.6. The van der Waals surface area contributed by atoms with Crippen molar-refractivity contribution >= 4 is 30.5 Å². The summed E-state index contributed by atoms with van der Waals surface area (Å²) in [4.78, 5) is 25.4. The van der Waals surface area contributed by atoms with Crippen LogP contribution in [-0.2, 0) is 31.6 Å². The molecule has 39 heavy (non-hydrogen) atoms. The first kappa shape index (κ1) is 31.3. The maximum Gasteiger partial charge on any atom is 0.330 e. The second-order valence-electron chi connectivity index (χ2n) is 9.78. The molecular weight excluding hydrogens is 527 g/mol. The largest absolute Gasteiger partial charge is 0.459 e. The molecule has 0 spiro atoms. The van der Waals surface area contributed by atoms with Gasteiger partial charge < -0.3 is 14.2 Å². The van der Waals surface area contributed by atoms with E-state index in [1.165, 1.54) is 17.3 Å². The van der Waals surface area contributed by atoms with E-state index in [2.05, 4.69) is 49.9 Å². The highest BCUT2D eigenvalue weighted by molar-refractivity contribution is 8.27. The first-order valence-corrected chi connectivity index (χ1v) is 16.2. The first-order chi connectivity index (χ1) is 18.9. The fraction of sp³-hybridized carbons (Fsp3) is 0.438. The zero-order valence-corrected chi connectivity index (χ0v) is 25.1. The molecule has 4 rings (SSSR count). The third kappa shape index (κ3) is 9.42. The van der Waals surface area contributed by atoms with E-state index in [1.807, 2.05) is 37.3 Å². The highest BCUT2D eigenvalue weighted by Crippen LogP contribution is 2.61. The molecule has 5 nitrogen and oxygen atoms in total. The molecule has 2 aromatic carbocycles. The molecule has 2 heterocycles. The minimum atomic E-state index is -0.971. The number of aryl methyl sites for hydroxylation is 1. The number of hydrogen-bond acceptors (Lipinski definition) is 6. The molecule has 0 aromatic heterocycles. The summed E-state index contributed by atoms with van der Waals surface area (Å²) in [6, 6.07) is 20.5. The predicted molar refractivity (Wildman–Crippen MR) is 163 cm³/mol. The van der Waals surface area contributed by atoms with Crippen LogP contribution in [-0.4, -0.2) is 47.8 Å². The topological polar surface area (TPSA) is 61.8 Å². The summed E-state index contributed by atoms with van der Waals surface area (Å²) < 4.78 is 17.9. The molecule has 2 fully saturated rings. The Bertz CT molecular complexity index is 1090. The molecule has 2 aromatic rings. The Kier molecular flexibility index (Phi) is 12.9. The van der Waals surface area contributed by atoms with Crippen molar-refractivity contribution in [2.45, 2.75) is 69.7 Å².